The van der Waals surface area contributed by atoms with Gasteiger partial charge < -0.3 is 14.3 Å². The predicted octanol–water partition coefficient (Wildman–Crippen LogP) is 4.89. The van der Waals surface area contributed by atoms with Crippen LogP contribution in [0.1, 0.15) is 16.8 Å². The number of anilines is 1. The molecule has 4 aromatic rings. The Morgan fingerprint density at radius 3 is 2.65 bits per heavy atom. The fourth-order valence-corrected chi connectivity index (χ4v) is 2.80. The third-order valence-corrected chi connectivity index (χ3v) is 4.36. The molecule has 26 heavy (non-hydrogen) atoms. The van der Waals surface area contributed by atoms with Crippen molar-refractivity contribution in [1.29, 1.82) is 0 Å². The molecule has 0 unspecified atom stereocenters. The number of nitrogens with zero attached hydrogens (tertiary/aromatic N) is 1. The van der Waals surface area contributed by atoms with Crippen LogP contribution in [-0.2, 0) is 11.2 Å². The zero-order valence-electron chi connectivity index (χ0n) is 14.6. The molecule has 0 saturated carbocycles. The van der Waals surface area contributed by atoms with Gasteiger partial charge >= 0.3 is 0 Å². The average molecular weight is 346 g/mol. The summed E-state index contributed by atoms with van der Waals surface area (Å²) in [7, 11) is 0. The molecular formula is C21H18N2O3. The van der Waals surface area contributed by atoms with Crippen molar-refractivity contribution in [2.75, 3.05) is 5.32 Å². The third kappa shape index (κ3) is 3.24. The maximum Gasteiger partial charge on any atom is 0.230 e. The number of hydrogen-bond acceptors (Lipinski definition) is 4. The summed E-state index contributed by atoms with van der Waals surface area (Å²) < 4.78 is 11.1. The van der Waals surface area contributed by atoms with Crippen molar-refractivity contribution in [3.8, 4) is 11.5 Å². The van der Waals surface area contributed by atoms with Crippen LogP contribution >= 0.6 is 0 Å². The average Bonchev–Trinajstić information content (AvgIpc) is 3.24. The van der Waals surface area contributed by atoms with Gasteiger partial charge in [0, 0.05) is 17.1 Å². The third-order valence-electron chi connectivity index (χ3n) is 4.36. The smallest absolute Gasteiger partial charge is 0.230 e. The van der Waals surface area contributed by atoms with Crippen molar-refractivity contribution in [3.05, 3.63) is 71.4 Å². The number of nitrogens with one attached hydrogen (secondary N) is 1. The van der Waals surface area contributed by atoms with Crippen LogP contribution in [0.2, 0.25) is 0 Å². The van der Waals surface area contributed by atoms with Crippen molar-refractivity contribution in [2.45, 2.75) is 20.3 Å². The second kappa shape index (κ2) is 6.52. The Balaban J connectivity index is 1.47. The summed E-state index contributed by atoms with van der Waals surface area (Å²) in [5.74, 6) is 0.965. The van der Waals surface area contributed by atoms with Gasteiger partial charge in [0.25, 0.3) is 0 Å². The van der Waals surface area contributed by atoms with E-state index < -0.39 is 0 Å². The Hall–Kier alpha value is -3.34. The molecule has 130 valence electrons. The maximum absolute atomic E-state index is 12.2. The van der Waals surface area contributed by atoms with E-state index in [9.17, 15) is 4.79 Å². The number of carbonyl (C=O) groups is 1. The molecule has 1 amide bonds. The number of para-hydroxylation sites is 1. The van der Waals surface area contributed by atoms with E-state index in [1.807, 2.05) is 62.4 Å². The van der Waals surface area contributed by atoms with Gasteiger partial charge in [0.05, 0.1) is 12.1 Å². The molecule has 0 aliphatic carbocycles. The van der Waals surface area contributed by atoms with Gasteiger partial charge in [0.2, 0.25) is 11.7 Å². The molecule has 0 aliphatic rings. The molecule has 2 aromatic heterocycles. The SMILES string of the molecule is Cc1ccc(NC(=O)Cc2cc(-c3cc4ccccc4o3)on2)cc1C. The fraction of sp³-hybridized carbons (Fsp3) is 0.143. The van der Waals surface area contributed by atoms with Gasteiger partial charge in [0.1, 0.15) is 5.58 Å². The highest BCUT2D eigenvalue weighted by Gasteiger charge is 2.14. The number of rotatable bonds is 4. The monoisotopic (exact) mass is 346 g/mol. The summed E-state index contributed by atoms with van der Waals surface area (Å²) in [4.78, 5) is 12.2. The van der Waals surface area contributed by atoms with Crippen LogP contribution < -0.4 is 5.32 Å². The molecule has 5 heteroatoms. The van der Waals surface area contributed by atoms with E-state index in [4.69, 9.17) is 8.94 Å². The molecular weight excluding hydrogens is 328 g/mol. The van der Waals surface area contributed by atoms with E-state index >= 15 is 0 Å². The van der Waals surface area contributed by atoms with Crippen LogP contribution in [0.5, 0.6) is 0 Å². The lowest BCUT2D eigenvalue weighted by atomic mass is 10.1. The van der Waals surface area contributed by atoms with Gasteiger partial charge in [-0.05, 0) is 49.2 Å². The van der Waals surface area contributed by atoms with Crippen molar-refractivity contribution >= 4 is 22.6 Å². The lowest BCUT2D eigenvalue weighted by molar-refractivity contribution is -0.115. The molecule has 1 N–H and O–H groups in total. The van der Waals surface area contributed by atoms with Crippen LogP contribution in [0.4, 0.5) is 5.69 Å². The van der Waals surface area contributed by atoms with E-state index in [0.717, 1.165) is 22.2 Å². The fourth-order valence-electron chi connectivity index (χ4n) is 2.80. The van der Waals surface area contributed by atoms with Crippen molar-refractivity contribution in [2.24, 2.45) is 0 Å². The zero-order chi connectivity index (χ0) is 18.1. The standard InChI is InChI=1S/C21H18N2O3/c1-13-7-8-16(9-14(13)2)22-21(24)12-17-11-20(26-23-17)19-10-15-5-3-4-6-18(15)25-19/h3-11H,12H2,1-2H3,(H,22,24). The van der Waals surface area contributed by atoms with Crippen LogP contribution in [0.15, 0.2) is 63.5 Å². The van der Waals surface area contributed by atoms with E-state index in [1.54, 1.807) is 6.07 Å². The summed E-state index contributed by atoms with van der Waals surface area (Å²) in [6, 6.07) is 17.2. The number of furan rings is 1. The van der Waals surface area contributed by atoms with E-state index in [0.29, 0.717) is 17.2 Å². The minimum Gasteiger partial charge on any atom is -0.453 e. The second-order valence-electron chi connectivity index (χ2n) is 6.35. The molecule has 0 radical (unpaired) electrons. The molecule has 2 heterocycles. The van der Waals surface area contributed by atoms with Gasteiger partial charge in [-0.3, -0.25) is 4.79 Å². The molecule has 5 nitrogen and oxygen atoms in total. The van der Waals surface area contributed by atoms with Gasteiger partial charge in [-0.15, -0.1) is 0 Å². The number of aryl methyl sites for hydroxylation is 2. The normalized spacial score (nSPS) is 11.0. The van der Waals surface area contributed by atoms with Crippen LogP contribution in [-0.4, -0.2) is 11.1 Å². The Morgan fingerprint density at radius 2 is 1.85 bits per heavy atom. The Kier molecular flexibility index (Phi) is 4.05. The minimum absolute atomic E-state index is 0.136. The Bertz CT molecular complexity index is 1060. The molecule has 0 aliphatic heterocycles. The number of fused-ring (bicyclic) bond motifs is 1. The highest BCUT2D eigenvalue weighted by molar-refractivity contribution is 5.92. The highest BCUT2D eigenvalue weighted by atomic mass is 16.5. The van der Waals surface area contributed by atoms with E-state index in [-0.39, 0.29) is 12.3 Å². The lowest BCUT2D eigenvalue weighted by Gasteiger charge is -2.06. The van der Waals surface area contributed by atoms with Gasteiger partial charge in [-0.25, -0.2) is 0 Å². The first kappa shape index (κ1) is 16.1. The van der Waals surface area contributed by atoms with Crippen LogP contribution in [0.25, 0.3) is 22.5 Å². The van der Waals surface area contributed by atoms with Gasteiger partial charge in [-0.1, -0.05) is 29.4 Å². The van der Waals surface area contributed by atoms with Crippen molar-refractivity contribution in [3.63, 3.8) is 0 Å². The Morgan fingerprint density at radius 1 is 1.00 bits per heavy atom. The summed E-state index contributed by atoms with van der Waals surface area (Å²) in [5.41, 5.74) is 4.44. The van der Waals surface area contributed by atoms with Gasteiger partial charge in [0.15, 0.2) is 5.76 Å². The number of aromatic nitrogens is 1. The summed E-state index contributed by atoms with van der Waals surface area (Å²) >= 11 is 0. The number of amides is 1. The molecule has 4 rings (SSSR count). The van der Waals surface area contributed by atoms with Crippen LogP contribution in [0.3, 0.4) is 0 Å². The first-order valence-electron chi connectivity index (χ1n) is 8.40. The molecule has 0 fully saturated rings. The van der Waals surface area contributed by atoms with Gasteiger partial charge in [-0.2, -0.15) is 0 Å². The molecule has 2 aromatic carbocycles. The molecule has 0 bridgehead atoms. The first-order valence-corrected chi connectivity index (χ1v) is 8.40. The number of carbonyl (C=O) groups excluding carboxylic acids is 1. The van der Waals surface area contributed by atoms with Crippen molar-refractivity contribution in [1.82, 2.24) is 5.16 Å². The quantitative estimate of drug-likeness (QED) is 0.571. The largest absolute Gasteiger partial charge is 0.453 e. The first-order chi connectivity index (χ1) is 12.6. The van der Waals surface area contributed by atoms with Crippen molar-refractivity contribution < 1.29 is 13.7 Å². The maximum atomic E-state index is 12.2. The number of hydrogen-bond donors (Lipinski definition) is 1. The van der Waals surface area contributed by atoms with E-state index in [2.05, 4.69) is 10.5 Å². The Labute approximate surface area is 150 Å². The highest BCUT2D eigenvalue weighted by Crippen LogP contribution is 2.28. The molecule has 0 spiro atoms. The van der Waals surface area contributed by atoms with E-state index in [1.165, 1.54) is 5.56 Å². The topological polar surface area (TPSA) is 68.3 Å². The van der Waals surface area contributed by atoms with Crippen LogP contribution in [0, 0.1) is 13.8 Å². The summed E-state index contributed by atoms with van der Waals surface area (Å²) in [6.07, 6.45) is 0.136. The summed E-state index contributed by atoms with van der Waals surface area (Å²) in [6.45, 7) is 4.05. The second-order valence-corrected chi connectivity index (χ2v) is 6.35. The molecule has 0 saturated heterocycles. The zero-order valence-corrected chi connectivity index (χ0v) is 14.6. The summed E-state index contributed by atoms with van der Waals surface area (Å²) in [5, 5.41) is 7.86. The number of benzene rings is 2. The molecule has 0 atom stereocenters. The predicted molar refractivity (Wildman–Crippen MR) is 100.0 cm³/mol. The minimum atomic E-state index is -0.141. The lowest BCUT2D eigenvalue weighted by Crippen LogP contribution is -2.14.